The molecule has 1 aliphatic carbocycles. The summed E-state index contributed by atoms with van der Waals surface area (Å²) in [5.74, 6) is 0.705. The number of nitrogens with zero attached hydrogens (tertiary/aromatic N) is 3. The Balaban J connectivity index is 2.08. The second-order valence-electron chi connectivity index (χ2n) is 4.97. The molecular weight excluding hydrogens is 240 g/mol. The van der Waals surface area contributed by atoms with Crippen LogP contribution in [0.15, 0.2) is 35.6 Å². The molecule has 1 aromatic carbocycles. The van der Waals surface area contributed by atoms with Crippen molar-refractivity contribution in [2.24, 2.45) is 10.9 Å². The van der Waals surface area contributed by atoms with Crippen LogP contribution in [0.25, 0.3) is 5.69 Å². The van der Waals surface area contributed by atoms with Gasteiger partial charge in [-0.15, -0.1) is 0 Å². The topological polar surface area (TPSA) is 76.4 Å². The Labute approximate surface area is 111 Å². The molecule has 5 nitrogen and oxygen atoms in total. The van der Waals surface area contributed by atoms with Gasteiger partial charge in [-0.25, -0.2) is 4.68 Å². The predicted octanol–water partition coefficient (Wildman–Crippen LogP) is 2.15. The quantitative estimate of drug-likeness (QED) is 0.382. The largest absolute Gasteiger partial charge is 0.409 e. The number of nitrogens with two attached hydrogens (primary N) is 1. The van der Waals surface area contributed by atoms with Crippen molar-refractivity contribution in [3.05, 3.63) is 47.3 Å². The number of aryl methyl sites for hydroxylation is 1. The van der Waals surface area contributed by atoms with Crippen LogP contribution in [-0.4, -0.2) is 20.8 Å². The van der Waals surface area contributed by atoms with Gasteiger partial charge in [-0.05, 0) is 43.5 Å². The van der Waals surface area contributed by atoms with Gasteiger partial charge in [0, 0.05) is 17.7 Å². The lowest BCUT2D eigenvalue weighted by molar-refractivity contribution is 0.318. The number of aromatic nitrogens is 2. The maximum Gasteiger partial charge on any atom is 0.172 e. The molecule has 0 spiro atoms. The number of hydrogen-bond acceptors (Lipinski definition) is 3. The van der Waals surface area contributed by atoms with Crippen molar-refractivity contribution in [1.82, 2.24) is 9.78 Å². The zero-order valence-electron chi connectivity index (χ0n) is 10.7. The second kappa shape index (κ2) is 4.42. The van der Waals surface area contributed by atoms with Crippen LogP contribution in [0.5, 0.6) is 0 Å². The molecule has 0 aliphatic heterocycles. The molecule has 1 saturated carbocycles. The van der Waals surface area contributed by atoms with Crippen molar-refractivity contribution in [2.45, 2.75) is 25.7 Å². The smallest absolute Gasteiger partial charge is 0.172 e. The summed E-state index contributed by atoms with van der Waals surface area (Å²) in [7, 11) is 0. The first-order valence-electron chi connectivity index (χ1n) is 6.33. The first kappa shape index (κ1) is 11.8. The van der Waals surface area contributed by atoms with E-state index in [1.807, 2.05) is 37.4 Å². The SMILES string of the molecule is Cc1ccc(/C(N)=N/O)c(-n2ccc(C3CC3)n2)c1. The number of amidine groups is 1. The molecule has 0 atom stereocenters. The van der Waals surface area contributed by atoms with Crippen LogP contribution in [0.1, 0.15) is 35.6 Å². The molecule has 3 rings (SSSR count). The van der Waals surface area contributed by atoms with Gasteiger partial charge in [0.05, 0.1) is 11.4 Å². The van der Waals surface area contributed by atoms with Gasteiger partial charge in [-0.2, -0.15) is 5.10 Å². The van der Waals surface area contributed by atoms with E-state index in [1.54, 1.807) is 4.68 Å². The maximum absolute atomic E-state index is 8.87. The summed E-state index contributed by atoms with van der Waals surface area (Å²) in [6.45, 7) is 2.00. The number of rotatable bonds is 3. The Morgan fingerprint density at radius 1 is 1.42 bits per heavy atom. The van der Waals surface area contributed by atoms with Crippen LogP contribution in [0.3, 0.4) is 0 Å². The number of hydrogen-bond donors (Lipinski definition) is 2. The highest BCUT2D eigenvalue weighted by Crippen LogP contribution is 2.39. The molecule has 98 valence electrons. The minimum atomic E-state index is 0.0958. The molecule has 1 heterocycles. The molecule has 0 saturated heterocycles. The molecule has 0 unspecified atom stereocenters. The number of benzene rings is 1. The van der Waals surface area contributed by atoms with Gasteiger partial charge < -0.3 is 10.9 Å². The molecule has 0 bridgehead atoms. The molecule has 5 heteroatoms. The lowest BCUT2D eigenvalue weighted by atomic mass is 10.1. The van der Waals surface area contributed by atoms with Crippen molar-refractivity contribution in [2.75, 3.05) is 0 Å². The first-order valence-corrected chi connectivity index (χ1v) is 6.33. The van der Waals surface area contributed by atoms with E-state index in [0.717, 1.165) is 16.9 Å². The van der Waals surface area contributed by atoms with Crippen molar-refractivity contribution in [3.8, 4) is 5.69 Å². The van der Waals surface area contributed by atoms with E-state index in [2.05, 4.69) is 10.3 Å². The molecule has 1 fully saturated rings. The van der Waals surface area contributed by atoms with Crippen molar-refractivity contribution >= 4 is 5.84 Å². The molecule has 0 radical (unpaired) electrons. The van der Waals surface area contributed by atoms with E-state index >= 15 is 0 Å². The summed E-state index contributed by atoms with van der Waals surface area (Å²) in [4.78, 5) is 0. The van der Waals surface area contributed by atoms with Crippen molar-refractivity contribution in [1.29, 1.82) is 0 Å². The van der Waals surface area contributed by atoms with Crippen molar-refractivity contribution in [3.63, 3.8) is 0 Å². The Hall–Kier alpha value is -2.30. The van der Waals surface area contributed by atoms with Gasteiger partial charge >= 0.3 is 0 Å². The van der Waals surface area contributed by atoms with E-state index < -0.39 is 0 Å². The number of oxime groups is 1. The molecule has 1 aliphatic rings. The van der Waals surface area contributed by atoms with Gasteiger partial charge in [-0.3, -0.25) is 0 Å². The Morgan fingerprint density at radius 3 is 2.89 bits per heavy atom. The fraction of sp³-hybridized carbons (Fsp3) is 0.286. The molecule has 1 aromatic heterocycles. The lowest BCUT2D eigenvalue weighted by Crippen LogP contribution is -2.16. The summed E-state index contributed by atoms with van der Waals surface area (Å²) >= 11 is 0. The third kappa shape index (κ3) is 2.19. The van der Waals surface area contributed by atoms with Gasteiger partial charge in [0.1, 0.15) is 0 Å². The average molecular weight is 256 g/mol. The normalized spacial score (nSPS) is 15.7. The van der Waals surface area contributed by atoms with Crippen LogP contribution in [0.2, 0.25) is 0 Å². The van der Waals surface area contributed by atoms with E-state index in [1.165, 1.54) is 12.8 Å². The maximum atomic E-state index is 8.87. The summed E-state index contributed by atoms with van der Waals surface area (Å²) < 4.78 is 1.80. The summed E-state index contributed by atoms with van der Waals surface area (Å²) in [5.41, 5.74) is 9.46. The monoisotopic (exact) mass is 256 g/mol. The molecule has 19 heavy (non-hydrogen) atoms. The van der Waals surface area contributed by atoms with Gasteiger partial charge in [0.15, 0.2) is 5.84 Å². The molecule has 3 N–H and O–H groups in total. The standard InChI is InChI=1S/C14H16N4O/c1-9-2-5-11(14(15)17-19)13(8-9)18-7-6-12(16-18)10-3-4-10/h2,5-8,10,19H,3-4H2,1H3,(H2,15,17). The summed E-state index contributed by atoms with van der Waals surface area (Å²) in [6.07, 6.45) is 4.37. The van der Waals surface area contributed by atoms with Crippen LogP contribution in [0.4, 0.5) is 0 Å². The van der Waals surface area contributed by atoms with Crippen LogP contribution < -0.4 is 5.73 Å². The van der Waals surface area contributed by atoms with Crippen LogP contribution in [0, 0.1) is 6.92 Å². The highest BCUT2D eigenvalue weighted by atomic mass is 16.4. The second-order valence-corrected chi connectivity index (χ2v) is 4.97. The molecular formula is C14H16N4O. The fourth-order valence-electron chi connectivity index (χ4n) is 2.17. The Morgan fingerprint density at radius 2 is 2.21 bits per heavy atom. The third-order valence-corrected chi connectivity index (χ3v) is 3.39. The van der Waals surface area contributed by atoms with Crippen LogP contribution >= 0.6 is 0 Å². The zero-order chi connectivity index (χ0) is 13.4. The third-order valence-electron chi connectivity index (χ3n) is 3.39. The van der Waals surface area contributed by atoms with E-state index in [9.17, 15) is 0 Å². The zero-order valence-corrected chi connectivity index (χ0v) is 10.7. The highest BCUT2D eigenvalue weighted by Gasteiger charge is 2.26. The van der Waals surface area contributed by atoms with Gasteiger partial charge in [0.25, 0.3) is 0 Å². The van der Waals surface area contributed by atoms with Crippen molar-refractivity contribution < 1.29 is 5.21 Å². The Bertz CT molecular complexity index is 641. The summed E-state index contributed by atoms with van der Waals surface area (Å²) in [6, 6.07) is 7.80. The Kier molecular flexibility index (Phi) is 2.74. The minimum Gasteiger partial charge on any atom is -0.409 e. The predicted molar refractivity (Wildman–Crippen MR) is 72.8 cm³/mol. The molecule has 2 aromatic rings. The van der Waals surface area contributed by atoms with Gasteiger partial charge in [0.2, 0.25) is 0 Å². The fourth-order valence-corrected chi connectivity index (χ4v) is 2.17. The lowest BCUT2D eigenvalue weighted by Gasteiger charge is -2.09. The first-order chi connectivity index (χ1) is 9.19. The highest BCUT2D eigenvalue weighted by molar-refractivity contribution is 6.00. The summed E-state index contributed by atoms with van der Waals surface area (Å²) in [5, 5.41) is 16.5. The van der Waals surface area contributed by atoms with E-state index in [4.69, 9.17) is 10.9 Å². The van der Waals surface area contributed by atoms with E-state index in [0.29, 0.717) is 11.5 Å². The average Bonchev–Trinajstić information content (AvgIpc) is 3.15. The molecule has 0 amide bonds. The van der Waals surface area contributed by atoms with Gasteiger partial charge in [-0.1, -0.05) is 11.2 Å². The minimum absolute atomic E-state index is 0.0958. The van der Waals surface area contributed by atoms with E-state index in [-0.39, 0.29) is 5.84 Å². The van der Waals surface area contributed by atoms with Crippen LogP contribution in [-0.2, 0) is 0 Å².